The predicted molar refractivity (Wildman–Crippen MR) is 253 cm³/mol. The Hall–Kier alpha value is -9.87. The van der Waals surface area contributed by atoms with Crippen LogP contribution in [0, 0.1) is 45.3 Å². The summed E-state index contributed by atoms with van der Waals surface area (Å²) in [5.74, 6) is 1.05. The van der Waals surface area contributed by atoms with Crippen LogP contribution in [0.15, 0.2) is 170 Å². The number of para-hydroxylation sites is 8. The lowest BCUT2D eigenvalue weighted by atomic mass is 10.1. The second kappa shape index (κ2) is 14.4. The maximum atomic E-state index is 10.5. The van der Waals surface area contributed by atoms with Crippen molar-refractivity contribution in [2.75, 3.05) is 0 Å². The first kappa shape index (κ1) is 36.9. The van der Waals surface area contributed by atoms with Crippen LogP contribution in [0.3, 0.4) is 0 Å². The van der Waals surface area contributed by atoms with Gasteiger partial charge in [-0.05, 0) is 60.7 Å². The Balaban J connectivity index is 1.22. The molecule has 0 amide bonds. The van der Waals surface area contributed by atoms with E-state index in [1.807, 2.05) is 130 Å². The van der Waals surface area contributed by atoms with Gasteiger partial charge in [0.2, 0.25) is 5.95 Å². The molecule has 298 valence electrons. The quantitative estimate of drug-likeness (QED) is 0.168. The van der Waals surface area contributed by atoms with E-state index < -0.39 is 0 Å². The number of nitrogens with zero attached hydrogens (tertiary/aromatic N) is 10. The average Bonchev–Trinajstić information content (AvgIpc) is 4.02. The molecule has 0 radical (unpaired) electrons. The van der Waals surface area contributed by atoms with Gasteiger partial charge in [0, 0.05) is 43.4 Å². The minimum Gasteiger partial charge on any atom is -0.306 e. The van der Waals surface area contributed by atoms with Crippen LogP contribution >= 0.6 is 0 Å². The summed E-state index contributed by atoms with van der Waals surface area (Å²) in [4.78, 5) is 16.0. The molecule has 4 heterocycles. The summed E-state index contributed by atoms with van der Waals surface area (Å²) in [5, 5.41) is 47.5. The van der Waals surface area contributed by atoms with Gasteiger partial charge < -0.3 is 9.13 Å². The van der Waals surface area contributed by atoms with Gasteiger partial charge in [0.05, 0.1) is 66.7 Å². The van der Waals surface area contributed by atoms with Crippen LogP contribution in [0.1, 0.15) is 22.3 Å². The van der Waals surface area contributed by atoms with Crippen molar-refractivity contribution in [2.45, 2.75) is 0 Å². The van der Waals surface area contributed by atoms with Crippen molar-refractivity contribution in [1.29, 1.82) is 21.0 Å². The fraction of sp³-hybridized carbons (Fsp3) is 0. The standard InChI is InChI=1S/C55H28N10/c56-29-33-13-9-21-39-40-22-10-14-34(30-57)50(40)64(49(33)39)47-27-7-3-19-43(47)53-60-54(62-55(61-53)63-45-25-5-1-17-37(45)38-18-2-6-26-46(38)63)44-20-4-8-28-48(44)65-51-35(31-58)15-11-23-41(51)42-24-12-16-36(32-59)52(42)65/h1-28H. The summed E-state index contributed by atoms with van der Waals surface area (Å²) in [6.07, 6.45) is 0. The van der Waals surface area contributed by atoms with Gasteiger partial charge >= 0.3 is 0 Å². The minimum absolute atomic E-state index is 0.341. The van der Waals surface area contributed by atoms with Gasteiger partial charge in [-0.2, -0.15) is 31.0 Å². The highest BCUT2D eigenvalue weighted by molar-refractivity contribution is 6.14. The third-order valence-corrected chi connectivity index (χ3v) is 12.3. The lowest BCUT2D eigenvalue weighted by Crippen LogP contribution is -2.09. The molecule has 0 aliphatic rings. The van der Waals surface area contributed by atoms with Crippen molar-refractivity contribution in [3.8, 4) is 64.4 Å². The van der Waals surface area contributed by atoms with E-state index in [-0.39, 0.29) is 0 Å². The molecule has 0 bridgehead atoms. The first-order valence-electron chi connectivity index (χ1n) is 20.8. The SMILES string of the molecule is N#Cc1cccc2c3cccc(C#N)c3n(-c3ccccc3-c3nc(-c4ccccc4-n4c5c(C#N)cccc5c5cccc(C#N)c54)nc(-n4c5ccccc5c5ccccc54)n3)c12. The number of benzene rings is 8. The zero-order chi connectivity index (χ0) is 43.8. The molecule has 0 saturated carbocycles. The zero-order valence-corrected chi connectivity index (χ0v) is 34.1. The molecule has 0 N–H and O–H groups in total. The van der Waals surface area contributed by atoms with Crippen molar-refractivity contribution in [3.63, 3.8) is 0 Å². The number of rotatable bonds is 5. The Morgan fingerprint density at radius 2 is 0.631 bits per heavy atom. The normalized spacial score (nSPS) is 11.3. The predicted octanol–water partition coefficient (Wildman–Crippen LogP) is 12.0. The van der Waals surface area contributed by atoms with E-state index in [2.05, 4.69) is 53.1 Å². The summed E-state index contributed by atoms with van der Waals surface area (Å²) in [5.41, 5.74) is 8.85. The van der Waals surface area contributed by atoms with Gasteiger partial charge in [0.15, 0.2) is 11.6 Å². The van der Waals surface area contributed by atoms with Gasteiger partial charge in [0.1, 0.15) is 24.3 Å². The van der Waals surface area contributed by atoms with E-state index in [4.69, 9.17) is 15.0 Å². The maximum absolute atomic E-state index is 10.5. The fourth-order valence-corrected chi connectivity index (χ4v) is 9.63. The van der Waals surface area contributed by atoms with Crippen LogP contribution in [0.2, 0.25) is 0 Å². The molecule has 10 heteroatoms. The number of fused-ring (bicyclic) bond motifs is 9. The molecule has 8 aromatic carbocycles. The van der Waals surface area contributed by atoms with Crippen molar-refractivity contribution < 1.29 is 0 Å². The summed E-state index contributed by atoms with van der Waals surface area (Å²) in [6, 6.07) is 63.9. The minimum atomic E-state index is 0.341. The molecule has 12 aromatic rings. The molecule has 0 aliphatic heterocycles. The number of nitriles is 4. The molecule has 65 heavy (non-hydrogen) atoms. The van der Waals surface area contributed by atoms with Crippen molar-refractivity contribution >= 4 is 65.4 Å². The Kier molecular flexibility index (Phi) is 8.16. The maximum Gasteiger partial charge on any atom is 0.238 e. The lowest BCUT2D eigenvalue weighted by Gasteiger charge is -2.17. The molecule has 0 atom stereocenters. The van der Waals surface area contributed by atoms with Crippen LogP contribution in [-0.2, 0) is 0 Å². The Labute approximate surface area is 370 Å². The van der Waals surface area contributed by atoms with Crippen LogP contribution < -0.4 is 0 Å². The van der Waals surface area contributed by atoms with Crippen molar-refractivity contribution in [3.05, 3.63) is 192 Å². The van der Waals surface area contributed by atoms with E-state index in [0.717, 1.165) is 43.4 Å². The summed E-state index contributed by atoms with van der Waals surface area (Å²) >= 11 is 0. The molecule has 0 unspecified atom stereocenters. The molecule has 0 spiro atoms. The lowest BCUT2D eigenvalue weighted by molar-refractivity contribution is 0.950. The van der Waals surface area contributed by atoms with E-state index in [9.17, 15) is 21.0 Å². The number of aromatic nitrogens is 6. The van der Waals surface area contributed by atoms with E-state index in [1.165, 1.54) is 0 Å². The molecule has 4 aromatic heterocycles. The fourth-order valence-electron chi connectivity index (χ4n) is 9.63. The van der Waals surface area contributed by atoms with E-state index in [0.29, 0.717) is 84.4 Å². The van der Waals surface area contributed by atoms with Crippen LogP contribution in [0.25, 0.3) is 106 Å². The van der Waals surface area contributed by atoms with Gasteiger partial charge in [-0.25, -0.2) is 4.98 Å². The van der Waals surface area contributed by atoms with Crippen LogP contribution in [0.5, 0.6) is 0 Å². The van der Waals surface area contributed by atoms with Crippen LogP contribution in [0.4, 0.5) is 0 Å². The van der Waals surface area contributed by atoms with E-state index >= 15 is 0 Å². The topological polar surface area (TPSA) is 149 Å². The second-order valence-corrected chi connectivity index (χ2v) is 15.6. The molecular formula is C55H28N10. The summed E-state index contributed by atoms with van der Waals surface area (Å²) < 4.78 is 6.02. The number of hydrogen-bond donors (Lipinski definition) is 0. The summed E-state index contributed by atoms with van der Waals surface area (Å²) in [7, 11) is 0. The smallest absolute Gasteiger partial charge is 0.238 e. The first-order chi connectivity index (χ1) is 32.1. The average molecular weight is 829 g/mol. The van der Waals surface area contributed by atoms with Gasteiger partial charge in [0.25, 0.3) is 0 Å². The van der Waals surface area contributed by atoms with Gasteiger partial charge in [-0.15, -0.1) is 0 Å². The summed E-state index contributed by atoms with van der Waals surface area (Å²) in [6.45, 7) is 0. The van der Waals surface area contributed by atoms with E-state index in [1.54, 1.807) is 24.3 Å². The third-order valence-electron chi connectivity index (χ3n) is 12.3. The molecule has 12 rings (SSSR count). The Bertz CT molecular complexity index is 3790. The molecule has 0 saturated heterocycles. The highest BCUT2D eigenvalue weighted by Crippen LogP contribution is 2.41. The van der Waals surface area contributed by atoms with Gasteiger partial charge in [-0.3, -0.25) is 4.57 Å². The van der Waals surface area contributed by atoms with Crippen molar-refractivity contribution in [2.24, 2.45) is 0 Å². The zero-order valence-electron chi connectivity index (χ0n) is 34.1. The first-order valence-corrected chi connectivity index (χ1v) is 20.8. The Morgan fingerprint density at radius 3 is 1.00 bits per heavy atom. The largest absolute Gasteiger partial charge is 0.306 e. The molecule has 10 nitrogen and oxygen atoms in total. The Morgan fingerprint density at radius 1 is 0.308 bits per heavy atom. The second-order valence-electron chi connectivity index (χ2n) is 15.6. The van der Waals surface area contributed by atoms with Gasteiger partial charge in [-0.1, -0.05) is 109 Å². The molecule has 0 fully saturated rings. The monoisotopic (exact) mass is 828 g/mol. The third kappa shape index (κ3) is 5.33. The number of hydrogen-bond acceptors (Lipinski definition) is 7. The molecular weight excluding hydrogens is 801 g/mol. The van der Waals surface area contributed by atoms with Crippen LogP contribution in [-0.4, -0.2) is 28.7 Å². The highest BCUT2D eigenvalue weighted by atomic mass is 15.2. The molecule has 0 aliphatic carbocycles. The highest BCUT2D eigenvalue weighted by Gasteiger charge is 2.26. The van der Waals surface area contributed by atoms with Crippen molar-refractivity contribution in [1.82, 2.24) is 28.7 Å².